The Hall–Kier alpha value is -4.46. The third-order valence-corrected chi connectivity index (χ3v) is 5.76. The molecule has 0 bridgehead atoms. The number of carbonyl (C=O) groups is 3. The molecule has 0 spiro atoms. The van der Waals surface area contributed by atoms with Crippen LogP contribution in [0.4, 0.5) is 0 Å². The Labute approximate surface area is 222 Å². The number of unbranched alkanes of at least 4 members (excludes halogenated alkanes) is 2. The molecule has 4 rings (SSSR count). The molecule has 0 aliphatic carbocycles. The number of aromatic amines is 1. The van der Waals surface area contributed by atoms with Gasteiger partial charge >= 0.3 is 11.9 Å². The highest BCUT2D eigenvalue weighted by molar-refractivity contribution is 5.91. The first-order valence-corrected chi connectivity index (χ1v) is 12.1. The zero-order valence-corrected chi connectivity index (χ0v) is 20.8. The lowest BCUT2D eigenvalue weighted by molar-refractivity contribution is -0.165. The van der Waals surface area contributed by atoms with E-state index in [1.807, 2.05) is 30.5 Å². The maximum absolute atomic E-state index is 11.8. The molecule has 39 heavy (non-hydrogen) atoms. The number of nitrogens with two attached hydrogens (primary N) is 1. The number of H-pyrrole nitrogens is 1. The summed E-state index contributed by atoms with van der Waals surface area (Å²) in [5, 5.41) is 33.6. The first kappa shape index (κ1) is 29.1. The number of hydrogen-bond acceptors (Lipinski definition) is 10. The van der Waals surface area contributed by atoms with Crippen molar-refractivity contribution in [2.75, 3.05) is 0 Å². The zero-order chi connectivity index (χ0) is 28.4. The van der Waals surface area contributed by atoms with E-state index in [9.17, 15) is 14.4 Å². The number of benzene rings is 1. The maximum atomic E-state index is 11.8. The number of ketones is 1. The first-order valence-electron chi connectivity index (χ1n) is 12.1. The minimum atomic E-state index is -2.27. The maximum Gasteiger partial charge on any atom is 0.335 e. The number of hydrogen-bond donors (Lipinski definition) is 6. The fraction of sp³-hybridized carbons (Fsp3) is 0.308. The molecule has 0 aliphatic heterocycles. The Morgan fingerprint density at radius 1 is 0.949 bits per heavy atom. The predicted molar refractivity (Wildman–Crippen MR) is 137 cm³/mol. The van der Waals surface area contributed by atoms with Crippen molar-refractivity contribution in [1.82, 2.24) is 19.9 Å². The summed E-state index contributed by atoms with van der Waals surface area (Å²) in [4.78, 5) is 47.4. The smallest absolute Gasteiger partial charge is 0.335 e. The van der Waals surface area contributed by atoms with Crippen molar-refractivity contribution in [3.05, 3.63) is 66.9 Å². The average Bonchev–Trinajstić information content (AvgIpc) is 3.65. The molecule has 0 amide bonds. The van der Waals surface area contributed by atoms with E-state index >= 15 is 0 Å². The van der Waals surface area contributed by atoms with Crippen molar-refractivity contribution in [2.24, 2.45) is 5.73 Å². The van der Waals surface area contributed by atoms with E-state index in [2.05, 4.69) is 26.0 Å². The van der Waals surface area contributed by atoms with E-state index in [1.54, 1.807) is 6.20 Å². The number of oxazole rings is 1. The number of fused-ring (bicyclic) bond motifs is 1. The molecule has 0 saturated heterocycles. The van der Waals surface area contributed by atoms with Gasteiger partial charge in [0, 0.05) is 23.6 Å². The molecule has 3 aromatic heterocycles. The summed E-state index contributed by atoms with van der Waals surface area (Å²) in [7, 11) is 0. The van der Waals surface area contributed by atoms with E-state index < -0.39 is 24.1 Å². The number of carboxylic acid groups (broad SMARTS) is 2. The zero-order valence-electron chi connectivity index (χ0n) is 20.8. The molecule has 13 nitrogen and oxygen atoms in total. The SMILES string of the molecule is NC(CCCCCC(=O)c1ncco1)c1ncc(-c2ccc3ncccc3c2)[nH]1.O=C(O)C(O)C(O)C(=O)O. The number of Topliss-reactive ketones (excluding diaryl/α,β-unsaturated/α-hetero) is 1. The van der Waals surface area contributed by atoms with Gasteiger partial charge in [0.2, 0.25) is 5.78 Å². The molecule has 3 unspecified atom stereocenters. The van der Waals surface area contributed by atoms with Crippen LogP contribution in [0.3, 0.4) is 0 Å². The quantitative estimate of drug-likeness (QED) is 0.113. The van der Waals surface area contributed by atoms with Crippen LogP contribution >= 0.6 is 0 Å². The Morgan fingerprint density at radius 2 is 1.69 bits per heavy atom. The molecule has 7 N–H and O–H groups in total. The summed E-state index contributed by atoms with van der Waals surface area (Å²) >= 11 is 0. The molecular formula is C26H29N5O8. The van der Waals surface area contributed by atoms with Crippen molar-refractivity contribution in [3.8, 4) is 11.3 Å². The van der Waals surface area contributed by atoms with Crippen molar-refractivity contribution in [1.29, 1.82) is 0 Å². The largest absolute Gasteiger partial charge is 0.479 e. The van der Waals surface area contributed by atoms with Gasteiger partial charge < -0.3 is 35.6 Å². The van der Waals surface area contributed by atoms with E-state index in [1.165, 1.54) is 12.5 Å². The summed E-state index contributed by atoms with van der Waals surface area (Å²) in [5.74, 6) is -2.62. The molecule has 206 valence electrons. The second-order valence-electron chi connectivity index (χ2n) is 8.63. The monoisotopic (exact) mass is 539 g/mol. The van der Waals surface area contributed by atoms with Crippen molar-refractivity contribution in [2.45, 2.75) is 50.4 Å². The van der Waals surface area contributed by atoms with Crippen LogP contribution in [0.2, 0.25) is 0 Å². The normalized spacial score (nSPS) is 13.2. The van der Waals surface area contributed by atoms with Gasteiger partial charge in [-0.05, 0) is 31.0 Å². The lowest BCUT2D eigenvalue weighted by Crippen LogP contribution is -2.39. The number of carbonyl (C=O) groups excluding carboxylic acids is 1. The van der Waals surface area contributed by atoms with Gasteiger partial charge in [0.1, 0.15) is 12.1 Å². The summed E-state index contributed by atoms with van der Waals surface area (Å²) in [6.45, 7) is 0. The molecule has 0 aliphatic rings. The lowest BCUT2D eigenvalue weighted by atomic mass is 10.1. The molecule has 1 aromatic carbocycles. The molecule has 3 heterocycles. The van der Waals surface area contributed by atoms with Gasteiger partial charge in [-0.25, -0.2) is 19.6 Å². The van der Waals surface area contributed by atoms with E-state index in [-0.39, 0.29) is 17.7 Å². The predicted octanol–water partition coefficient (Wildman–Crippen LogP) is 2.32. The number of imidazole rings is 1. The summed E-state index contributed by atoms with van der Waals surface area (Å²) in [5.41, 5.74) is 9.27. The van der Waals surface area contributed by atoms with Gasteiger partial charge in [0.25, 0.3) is 5.89 Å². The second-order valence-corrected chi connectivity index (χ2v) is 8.63. The fourth-order valence-electron chi connectivity index (χ4n) is 3.62. The number of carboxylic acids is 2. The van der Waals surface area contributed by atoms with Crippen molar-refractivity contribution >= 4 is 28.6 Å². The average molecular weight is 540 g/mol. The molecule has 0 fully saturated rings. The van der Waals surface area contributed by atoms with Gasteiger partial charge in [-0.3, -0.25) is 9.78 Å². The highest BCUT2D eigenvalue weighted by atomic mass is 16.4. The third kappa shape index (κ3) is 8.26. The number of aliphatic hydroxyl groups excluding tert-OH is 2. The van der Waals surface area contributed by atoms with Gasteiger partial charge in [0.05, 0.1) is 29.6 Å². The van der Waals surface area contributed by atoms with Crippen LogP contribution in [0.1, 0.15) is 54.7 Å². The molecule has 0 saturated carbocycles. The summed E-state index contributed by atoms with van der Waals surface area (Å²) in [6.07, 6.45) is 5.87. The molecular weight excluding hydrogens is 510 g/mol. The molecule has 3 atom stereocenters. The van der Waals surface area contributed by atoms with Gasteiger partial charge in [-0.15, -0.1) is 0 Å². The molecule has 13 heteroatoms. The van der Waals surface area contributed by atoms with Crippen LogP contribution in [-0.4, -0.2) is 70.3 Å². The van der Waals surface area contributed by atoms with E-state index in [0.717, 1.165) is 53.7 Å². The van der Waals surface area contributed by atoms with Crippen LogP contribution in [0.15, 0.2) is 59.6 Å². The number of aliphatic hydroxyl groups is 2. The van der Waals surface area contributed by atoms with Crippen molar-refractivity contribution in [3.63, 3.8) is 0 Å². The number of rotatable bonds is 12. The fourth-order valence-corrected chi connectivity index (χ4v) is 3.62. The minimum absolute atomic E-state index is 0.0550. The van der Waals surface area contributed by atoms with Crippen LogP contribution < -0.4 is 5.73 Å². The minimum Gasteiger partial charge on any atom is -0.479 e. The third-order valence-electron chi connectivity index (χ3n) is 5.76. The number of aromatic nitrogens is 4. The first-order chi connectivity index (χ1) is 18.7. The van der Waals surface area contributed by atoms with E-state index in [0.29, 0.717) is 6.42 Å². The number of pyridine rings is 1. The molecule has 0 radical (unpaired) electrons. The Bertz CT molecular complexity index is 1370. The van der Waals surface area contributed by atoms with Crippen LogP contribution in [0.25, 0.3) is 22.2 Å². The van der Waals surface area contributed by atoms with Crippen molar-refractivity contribution < 1.29 is 39.2 Å². The van der Waals surface area contributed by atoms with Gasteiger partial charge in [-0.1, -0.05) is 25.0 Å². The number of nitrogens with one attached hydrogen (secondary N) is 1. The summed E-state index contributed by atoms with van der Waals surface area (Å²) in [6, 6.07) is 9.94. The Balaban J connectivity index is 0.000000360. The van der Waals surface area contributed by atoms with Crippen LogP contribution in [-0.2, 0) is 9.59 Å². The molecule has 4 aromatic rings. The number of nitrogens with zero attached hydrogens (tertiary/aromatic N) is 3. The Morgan fingerprint density at radius 3 is 2.36 bits per heavy atom. The van der Waals surface area contributed by atoms with Crippen LogP contribution in [0, 0.1) is 0 Å². The summed E-state index contributed by atoms with van der Waals surface area (Å²) < 4.78 is 5.01. The standard InChI is InChI=1S/C22H23N5O2.C4H6O6/c23-17(6-2-1-3-7-20(28)22-25-11-12-29-22)21-26-14-19(27-21)16-8-9-18-15(13-16)5-4-10-24-18;5-1(3(7)8)2(6)4(9)10/h4-5,8-14,17H,1-3,6-7,23H2,(H,26,27);1-2,5-6H,(H,7,8)(H,9,10). The highest BCUT2D eigenvalue weighted by Crippen LogP contribution is 2.24. The lowest BCUT2D eigenvalue weighted by Gasteiger charge is -2.08. The highest BCUT2D eigenvalue weighted by Gasteiger charge is 2.29. The van der Waals surface area contributed by atoms with Gasteiger partial charge in [-0.2, -0.15) is 0 Å². The Kier molecular flexibility index (Phi) is 10.4. The number of aliphatic carboxylic acids is 2. The second kappa shape index (κ2) is 13.9. The van der Waals surface area contributed by atoms with Gasteiger partial charge in [0.15, 0.2) is 12.2 Å². The topological polar surface area (TPSA) is 226 Å². The van der Waals surface area contributed by atoms with E-state index in [4.69, 9.17) is 30.6 Å². The van der Waals surface area contributed by atoms with Crippen LogP contribution in [0.5, 0.6) is 0 Å².